The minimum absolute atomic E-state index is 0.0657. The molecule has 0 aromatic heterocycles. The smallest absolute Gasteiger partial charge is 0.269 e. The van der Waals surface area contributed by atoms with Gasteiger partial charge in [0.15, 0.2) is 5.11 Å². The monoisotopic (exact) mass is 372 g/mol. The van der Waals surface area contributed by atoms with Crippen molar-refractivity contribution in [2.24, 2.45) is 0 Å². The van der Waals surface area contributed by atoms with Gasteiger partial charge in [-0.2, -0.15) is 0 Å². The Balaban J connectivity index is 2.02. The molecule has 2 amide bonds. The molecule has 0 saturated carbocycles. The number of hydrogen-bond acceptors (Lipinski definition) is 5. The minimum Gasteiger partial charge on any atom is -0.332 e. The maximum atomic E-state index is 12.1. The first kappa shape index (κ1) is 19.0. The van der Waals surface area contributed by atoms with Crippen molar-refractivity contribution in [1.29, 1.82) is 0 Å². The fourth-order valence-electron chi connectivity index (χ4n) is 2.05. The maximum Gasteiger partial charge on any atom is 0.269 e. The molecule has 0 saturated heterocycles. The molecular weight excluding hydrogens is 356 g/mol. The third kappa shape index (κ3) is 4.84. The number of nitro benzene ring substituents is 1. The van der Waals surface area contributed by atoms with Crippen molar-refractivity contribution in [1.82, 2.24) is 5.32 Å². The number of non-ortho nitro benzene ring substituents is 1. The van der Waals surface area contributed by atoms with Gasteiger partial charge in [0, 0.05) is 43.0 Å². The highest BCUT2D eigenvalue weighted by atomic mass is 32.1. The van der Waals surface area contributed by atoms with Crippen molar-refractivity contribution in [3.63, 3.8) is 0 Å². The Hall–Kier alpha value is -3.33. The number of rotatable bonds is 4. The molecule has 0 heterocycles. The summed E-state index contributed by atoms with van der Waals surface area (Å²) in [5.74, 6) is -0.606. The van der Waals surface area contributed by atoms with E-state index in [0.29, 0.717) is 11.4 Å². The van der Waals surface area contributed by atoms with E-state index in [1.54, 1.807) is 31.3 Å². The number of nitrogens with zero attached hydrogens (tertiary/aromatic N) is 2. The van der Waals surface area contributed by atoms with Crippen molar-refractivity contribution < 1.29 is 14.5 Å². The van der Waals surface area contributed by atoms with E-state index in [0.717, 1.165) is 0 Å². The van der Waals surface area contributed by atoms with Crippen LogP contribution in [0.25, 0.3) is 0 Å². The van der Waals surface area contributed by atoms with Gasteiger partial charge >= 0.3 is 0 Å². The van der Waals surface area contributed by atoms with Crippen LogP contribution >= 0.6 is 12.2 Å². The highest BCUT2D eigenvalue weighted by molar-refractivity contribution is 7.80. The number of hydrogen-bond donors (Lipinski definition) is 2. The average Bonchev–Trinajstić information content (AvgIpc) is 2.61. The predicted octanol–water partition coefficient (Wildman–Crippen LogP) is 2.70. The van der Waals surface area contributed by atoms with Crippen LogP contribution in [0.15, 0.2) is 48.5 Å². The number of thiocarbonyl (C=S) groups is 1. The van der Waals surface area contributed by atoms with E-state index < -0.39 is 10.8 Å². The molecule has 134 valence electrons. The van der Waals surface area contributed by atoms with E-state index >= 15 is 0 Å². The molecule has 0 aliphatic heterocycles. The highest BCUT2D eigenvalue weighted by Crippen LogP contribution is 2.18. The zero-order chi connectivity index (χ0) is 19.3. The molecule has 0 unspecified atom stereocenters. The Bertz CT molecular complexity index is 867. The Morgan fingerprint density at radius 2 is 1.81 bits per heavy atom. The molecule has 0 fully saturated rings. The van der Waals surface area contributed by atoms with E-state index in [1.807, 2.05) is 0 Å². The first-order valence-corrected chi connectivity index (χ1v) is 7.90. The lowest BCUT2D eigenvalue weighted by atomic mass is 10.2. The van der Waals surface area contributed by atoms with Crippen molar-refractivity contribution in [2.45, 2.75) is 6.92 Å². The van der Waals surface area contributed by atoms with Crippen LogP contribution < -0.4 is 15.5 Å². The summed E-state index contributed by atoms with van der Waals surface area (Å²) < 4.78 is 0. The number of anilines is 2. The standard InChI is InChI=1S/C17H16N4O4S/c1-11(22)20(2)15-5-3-4-13(10-15)18-17(26)19-16(23)12-6-8-14(9-7-12)21(24)25/h3-10H,1-2H3,(H2,18,19,23,26). The van der Waals surface area contributed by atoms with Gasteiger partial charge in [-0.25, -0.2) is 0 Å². The molecule has 2 aromatic carbocycles. The molecule has 0 atom stereocenters. The van der Waals surface area contributed by atoms with Crippen LogP contribution in [0.4, 0.5) is 17.1 Å². The topological polar surface area (TPSA) is 105 Å². The van der Waals surface area contributed by atoms with Crippen molar-refractivity contribution in [2.75, 3.05) is 17.3 Å². The molecule has 2 N–H and O–H groups in total. The molecule has 9 heteroatoms. The summed E-state index contributed by atoms with van der Waals surface area (Å²) in [6.07, 6.45) is 0. The Kier molecular flexibility index (Phi) is 5.97. The quantitative estimate of drug-likeness (QED) is 0.486. The fraction of sp³-hybridized carbons (Fsp3) is 0.118. The Morgan fingerprint density at radius 1 is 1.15 bits per heavy atom. The van der Waals surface area contributed by atoms with E-state index in [2.05, 4.69) is 10.6 Å². The molecule has 0 aliphatic carbocycles. The molecule has 2 aromatic rings. The lowest BCUT2D eigenvalue weighted by Gasteiger charge is -2.16. The molecular formula is C17H16N4O4S. The van der Waals surface area contributed by atoms with Crippen LogP contribution in [0.3, 0.4) is 0 Å². The maximum absolute atomic E-state index is 12.1. The Labute approximate surface area is 155 Å². The van der Waals surface area contributed by atoms with Crippen LogP contribution in [0.2, 0.25) is 0 Å². The normalized spacial score (nSPS) is 9.92. The van der Waals surface area contributed by atoms with E-state index in [9.17, 15) is 19.7 Å². The minimum atomic E-state index is -0.543. The summed E-state index contributed by atoms with van der Waals surface area (Å²) in [7, 11) is 1.65. The predicted molar refractivity (Wildman–Crippen MR) is 102 cm³/mol. The lowest BCUT2D eigenvalue weighted by Crippen LogP contribution is -2.34. The molecule has 26 heavy (non-hydrogen) atoms. The van der Waals surface area contributed by atoms with Gasteiger partial charge in [0.25, 0.3) is 11.6 Å². The summed E-state index contributed by atoms with van der Waals surface area (Å²) in [4.78, 5) is 35.1. The zero-order valence-electron chi connectivity index (χ0n) is 14.1. The van der Waals surface area contributed by atoms with E-state index in [-0.39, 0.29) is 22.3 Å². The Morgan fingerprint density at radius 3 is 2.38 bits per heavy atom. The number of carbonyl (C=O) groups excluding carboxylic acids is 2. The lowest BCUT2D eigenvalue weighted by molar-refractivity contribution is -0.384. The molecule has 2 rings (SSSR count). The average molecular weight is 372 g/mol. The van der Waals surface area contributed by atoms with E-state index in [1.165, 1.54) is 36.1 Å². The van der Waals surface area contributed by atoms with Gasteiger partial charge in [0.05, 0.1) is 4.92 Å². The van der Waals surface area contributed by atoms with Crippen LogP contribution in [0.1, 0.15) is 17.3 Å². The van der Waals surface area contributed by atoms with Gasteiger partial charge in [0.2, 0.25) is 5.91 Å². The van der Waals surface area contributed by atoms with Gasteiger partial charge in [-0.1, -0.05) is 6.07 Å². The van der Waals surface area contributed by atoms with Crippen LogP contribution in [-0.4, -0.2) is 28.9 Å². The molecule has 0 radical (unpaired) electrons. The summed E-state index contributed by atoms with van der Waals surface area (Å²) in [6, 6.07) is 12.1. The number of amides is 2. The van der Waals surface area contributed by atoms with Gasteiger partial charge in [-0.15, -0.1) is 0 Å². The second-order valence-corrected chi connectivity index (χ2v) is 5.75. The number of benzene rings is 2. The van der Waals surface area contributed by atoms with Crippen molar-refractivity contribution in [3.8, 4) is 0 Å². The van der Waals surface area contributed by atoms with Crippen molar-refractivity contribution in [3.05, 3.63) is 64.2 Å². The zero-order valence-corrected chi connectivity index (χ0v) is 14.9. The summed E-state index contributed by atoms with van der Waals surface area (Å²) in [5, 5.41) is 16.1. The second-order valence-electron chi connectivity index (χ2n) is 5.34. The van der Waals surface area contributed by atoms with Gasteiger partial charge in [-0.05, 0) is 42.5 Å². The molecule has 0 spiro atoms. The second kappa shape index (κ2) is 8.17. The number of carbonyl (C=O) groups is 2. The SMILES string of the molecule is CC(=O)N(C)c1cccc(NC(=S)NC(=O)c2ccc([N+](=O)[O-])cc2)c1. The van der Waals surface area contributed by atoms with Crippen LogP contribution in [0, 0.1) is 10.1 Å². The third-order valence-corrected chi connectivity index (χ3v) is 3.74. The number of nitro groups is 1. The van der Waals surface area contributed by atoms with Crippen LogP contribution in [-0.2, 0) is 4.79 Å². The van der Waals surface area contributed by atoms with Crippen LogP contribution in [0.5, 0.6) is 0 Å². The third-order valence-electron chi connectivity index (χ3n) is 3.53. The number of nitrogens with one attached hydrogen (secondary N) is 2. The van der Waals surface area contributed by atoms with Crippen molar-refractivity contribution >= 4 is 46.2 Å². The van der Waals surface area contributed by atoms with Gasteiger partial charge in [-0.3, -0.25) is 25.0 Å². The summed E-state index contributed by atoms with van der Waals surface area (Å²) >= 11 is 5.11. The van der Waals surface area contributed by atoms with Gasteiger partial charge in [0.1, 0.15) is 0 Å². The molecule has 8 nitrogen and oxygen atoms in total. The highest BCUT2D eigenvalue weighted by Gasteiger charge is 2.11. The fourth-order valence-corrected chi connectivity index (χ4v) is 2.26. The summed E-state index contributed by atoms with van der Waals surface area (Å²) in [5.41, 5.74) is 1.41. The first-order chi connectivity index (χ1) is 12.3. The summed E-state index contributed by atoms with van der Waals surface area (Å²) in [6.45, 7) is 1.45. The first-order valence-electron chi connectivity index (χ1n) is 7.49. The molecule has 0 bridgehead atoms. The van der Waals surface area contributed by atoms with E-state index in [4.69, 9.17) is 12.2 Å². The largest absolute Gasteiger partial charge is 0.332 e. The van der Waals surface area contributed by atoms with Gasteiger partial charge < -0.3 is 10.2 Å². The molecule has 0 aliphatic rings.